The maximum atomic E-state index is 11.5. The average molecular weight is 498 g/mol. The van der Waals surface area contributed by atoms with Gasteiger partial charge in [0.1, 0.15) is 0 Å². The lowest BCUT2D eigenvalue weighted by atomic mass is 9.96. The molecule has 3 heterocycles. The lowest BCUT2D eigenvalue weighted by Crippen LogP contribution is -2.31. The molecule has 0 amide bonds. The zero-order chi connectivity index (χ0) is 19.6. The van der Waals surface area contributed by atoms with Crippen LogP contribution in [-0.2, 0) is 9.53 Å². The number of thiocarbonyl (C=S) groups is 1. The van der Waals surface area contributed by atoms with Gasteiger partial charge in [-0.3, -0.25) is 9.78 Å². The van der Waals surface area contributed by atoms with Crippen LogP contribution in [0.25, 0.3) is 0 Å². The molecule has 1 aliphatic heterocycles. The van der Waals surface area contributed by atoms with E-state index >= 15 is 0 Å². The minimum absolute atomic E-state index is 0.0156. The van der Waals surface area contributed by atoms with E-state index in [1.165, 1.54) is 16.2 Å². The van der Waals surface area contributed by atoms with Gasteiger partial charge in [0.2, 0.25) is 0 Å². The highest BCUT2D eigenvalue weighted by molar-refractivity contribution is 14.1. The van der Waals surface area contributed by atoms with Crippen molar-refractivity contribution in [2.24, 2.45) is 0 Å². The first-order chi connectivity index (χ1) is 12.9. The van der Waals surface area contributed by atoms with Gasteiger partial charge in [0, 0.05) is 39.7 Å². The summed E-state index contributed by atoms with van der Waals surface area (Å²) in [5, 5.41) is 4.14. The van der Waals surface area contributed by atoms with Gasteiger partial charge in [0.25, 0.3) is 0 Å². The van der Waals surface area contributed by atoms with Crippen LogP contribution in [0.1, 0.15) is 47.6 Å². The number of pyridine rings is 1. The monoisotopic (exact) mass is 498 g/mol. The molecule has 3 rings (SSSR count). The van der Waals surface area contributed by atoms with E-state index in [2.05, 4.69) is 56.6 Å². The summed E-state index contributed by atoms with van der Waals surface area (Å²) in [7, 11) is 1.42. The van der Waals surface area contributed by atoms with Gasteiger partial charge in [-0.15, -0.1) is 0 Å². The molecule has 8 heteroatoms. The van der Waals surface area contributed by atoms with E-state index in [-0.39, 0.29) is 18.1 Å². The molecule has 0 aromatic carbocycles. The first-order valence-electron chi connectivity index (χ1n) is 8.83. The standard InChI is InChI=1S/C19H23IN4O2S/c1-11-15(16(20)12(2)22-11)18-17(13-7-4-5-9-21-13)23-19(27)24(18)10-6-8-14(25)26-3/h4-5,7,9,17-18,22H,6,8,10H2,1-3H3,(H,23,27)/t17-,18+/m1/s1. The number of halogens is 1. The normalized spacial score (nSPS) is 19.3. The number of hydrogen-bond donors (Lipinski definition) is 2. The molecule has 1 saturated heterocycles. The van der Waals surface area contributed by atoms with Crippen molar-refractivity contribution in [1.82, 2.24) is 20.2 Å². The summed E-state index contributed by atoms with van der Waals surface area (Å²) in [4.78, 5) is 21.7. The quantitative estimate of drug-likeness (QED) is 0.361. The summed E-state index contributed by atoms with van der Waals surface area (Å²) in [5.41, 5.74) is 4.46. The van der Waals surface area contributed by atoms with Crippen LogP contribution < -0.4 is 5.32 Å². The molecule has 0 radical (unpaired) electrons. The van der Waals surface area contributed by atoms with Crippen LogP contribution in [-0.4, -0.2) is 39.6 Å². The number of carbonyl (C=O) groups excluding carboxylic acids is 1. The van der Waals surface area contributed by atoms with Crippen molar-refractivity contribution in [3.05, 3.63) is 50.6 Å². The fourth-order valence-corrected chi connectivity index (χ4v) is 4.77. The second-order valence-electron chi connectivity index (χ2n) is 6.60. The smallest absolute Gasteiger partial charge is 0.305 e. The summed E-state index contributed by atoms with van der Waals surface area (Å²) in [5.74, 6) is -0.200. The van der Waals surface area contributed by atoms with Gasteiger partial charge in [0.05, 0.1) is 24.9 Å². The Morgan fingerprint density at radius 2 is 2.15 bits per heavy atom. The molecule has 2 atom stereocenters. The van der Waals surface area contributed by atoms with E-state index in [1.54, 1.807) is 6.20 Å². The molecule has 6 nitrogen and oxygen atoms in total. The lowest BCUT2D eigenvalue weighted by molar-refractivity contribution is -0.140. The molecule has 0 unspecified atom stereocenters. The first kappa shape index (κ1) is 20.1. The average Bonchev–Trinajstić information content (AvgIpc) is 3.11. The topological polar surface area (TPSA) is 70.2 Å². The van der Waals surface area contributed by atoms with Gasteiger partial charge in [-0.2, -0.15) is 0 Å². The van der Waals surface area contributed by atoms with Gasteiger partial charge in [-0.1, -0.05) is 6.07 Å². The Labute approximate surface area is 178 Å². The SMILES string of the molecule is COC(=O)CCCN1C(=S)N[C@H](c2ccccn2)[C@@H]1c1c(C)[nH]c(C)c1I. The third kappa shape index (κ3) is 4.11. The molecule has 0 bridgehead atoms. The van der Waals surface area contributed by atoms with E-state index in [9.17, 15) is 4.79 Å². The summed E-state index contributed by atoms with van der Waals surface area (Å²) in [6.07, 6.45) is 2.86. The molecule has 0 aliphatic carbocycles. The van der Waals surface area contributed by atoms with E-state index in [0.29, 0.717) is 24.5 Å². The number of aromatic amines is 1. The molecular weight excluding hydrogens is 475 g/mol. The van der Waals surface area contributed by atoms with Crippen LogP contribution in [0, 0.1) is 17.4 Å². The Morgan fingerprint density at radius 1 is 1.37 bits per heavy atom. The van der Waals surface area contributed by atoms with Crippen molar-refractivity contribution in [3.8, 4) is 0 Å². The lowest BCUT2D eigenvalue weighted by Gasteiger charge is -2.28. The minimum atomic E-state index is -0.200. The fraction of sp³-hybridized carbons (Fsp3) is 0.421. The molecule has 144 valence electrons. The Morgan fingerprint density at radius 3 is 2.74 bits per heavy atom. The van der Waals surface area contributed by atoms with Crippen LogP contribution in [0.3, 0.4) is 0 Å². The number of nitrogens with zero attached hydrogens (tertiary/aromatic N) is 2. The molecule has 1 aliphatic rings. The summed E-state index contributed by atoms with van der Waals surface area (Å²) in [6, 6.07) is 5.90. The molecule has 1 fully saturated rings. The van der Waals surface area contributed by atoms with E-state index < -0.39 is 0 Å². The Hall–Kier alpha value is -1.68. The van der Waals surface area contributed by atoms with Gasteiger partial charge >= 0.3 is 5.97 Å². The first-order valence-corrected chi connectivity index (χ1v) is 10.3. The van der Waals surface area contributed by atoms with Gasteiger partial charge in [-0.05, 0) is 67.2 Å². The van der Waals surface area contributed by atoms with E-state index in [4.69, 9.17) is 17.0 Å². The summed E-state index contributed by atoms with van der Waals surface area (Å²) < 4.78 is 5.97. The van der Waals surface area contributed by atoms with Crippen molar-refractivity contribution >= 4 is 45.9 Å². The van der Waals surface area contributed by atoms with Gasteiger partial charge in [0.15, 0.2) is 5.11 Å². The Bertz CT molecular complexity index is 840. The predicted molar refractivity (Wildman–Crippen MR) is 116 cm³/mol. The zero-order valence-electron chi connectivity index (χ0n) is 15.6. The molecule has 2 N–H and O–H groups in total. The zero-order valence-corrected chi connectivity index (χ0v) is 18.6. The number of carbonyl (C=O) groups is 1. The highest BCUT2D eigenvalue weighted by atomic mass is 127. The molecule has 0 saturated carbocycles. The molecule has 2 aromatic rings. The van der Waals surface area contributed by atoms with Crippen molar-refractivity contribution in [1.29, 1.82) is 0 Å². The number of esters is 1. The highest BCUT2D eigenvalue weighted by Gasteiger charge is 2.41. The Balaban J connectivity index is 1.96. The van der Waals surface area contributed by atoms with Gasteiger partial charge in [-0.25, -0.2) is 0 Å². The third-order valence-corrected chi connectivity index (χ3v) is 6.59. The van der Waals surface area contributed by atoms with Crippen LogP contribution in [0.5, 0.6) is 0 Å². The van der Waals surface area contributed by atoms with Crippen molar-refractivity contribution < 1.29 is 9.53 Å². The minimum Gasteiger partial charge on any atom is -0.469 e. The third-order valence-electron chi connectivity index (χ3n) is 4.85. The maximum Gasteiger partial charge on any atom is 0.305 e. The highest BCUT2D eigenvalue weighted by Crippen LogP contribution is 2.42. The molecular formula is C19H23IN4O2S. The number of rotatable bonds is 6. The molecule has 0 spiro atoms. The van der Waals surface area contributed by atoms with Crippen LogP contribution in [0.15, 0.2) is 24.4 Å². The molecule has 2 aromatic heterocycles. The van der Waals surface area contributed by atoms with Gasteiger partial charge < -0.3 is 19.9 Å². The number of aryl methyl sites for hydroxylation is 2. The summed E-state index contributed by atoms with van der Waals surface area (Å²) in [6.45, 7) is 4.85. The van der Waals surface area contributed by atoms with Crippen LogP contribution in [0.2, 0.25) is 0 Å². The Kier molecular flexibility index (Phi) is 6.36. The van der Waals surface area contributed by atoms with Crippen molar-refractivity contribution in [2.45, 2.75) is 38.8 Å². The van der Waals surface area contributed by atoms with Crippen LogP contribution >= 0.6 is 34.8 Å². The van der Waals surface area contributed by atoms with Crippen molar-refractivity contribution in [3.63, 3.8) is 0 Å². The summed E-state index contributed by atoms with van der Waals surface area (Å²) >= 11 is 8.05. The predicted octanol–water partition coefficient (Wildman–Crippen LogP) is 3.56. The molecule has 27 heavy (non-hydrogen) atoms. The van der Waals surface area contributed by atoms with Crippen LogP contribution in [0.4, 0.5) is 0 Å². The van der Waals surface area contributed by atoms with E-state index in [1.807, 2.05) is 18.2 Å². The van der Waals surface area contributed by atoms with Crippen molar-refractivity contribution in [2.75, 3.05) is 13.7 Å². The number of methoxy groups -OCH3 is 1. The number of ether oxygens (including phenoxy) is 1. The number of H-pyrrole nitrogens is 1. The number of nitrogens with one attached hydrogen (secondary N) is 2. The number of hydrogen-bond acceptors (Lipinski definition) is 4. The largest absolute Gasteiger partial charge is 0.469 e. The second-order valence-corrected chi connectivity index (χ2v) is 8.07. The fourth-order valence-electron chi connectivity index (χ4n) is 3.58. The maximum absolute atomic E-state index is 11.5. The second kappa shape index (κ2) is 8.55. The number of aromatic nitrogens is 2. The van der Waals surface area contributed by atoms with E-state index in [0.717, 1.165) is 17.1 Å².